The third-order valence-electron chi connectivity index (χ3n) is 3.72. The topological polar surface area (TPSA) is 0 Å². The summed E-state index contributed by atoms with van der Waals surface area (Å²) in [5.74, 6) is 0. The van der Waals surface area contributed by atoms with Gasteiger partial charge < -0.3 is 0 Å². The predicted octanol–water partition coefficient (Wildman–Crippen LogP) is 6.48. The molecule has 0 aromatic carbocycles. The zero-order valence-electron chi connectivity index (χ0n) is 11.8. The van der Waals surface area contributed by atoms with E-state index in [4.69, 9.17) is 18.4 Å². The van der Waals surface area contributed by atoms with Crippen LogP contribution in [0.5, 0.6) is 0 Å². The molecule has 2 aliphatic rings. The molecule has 0 heterocycles. The first kappa shape index (κ1) is 15.7. The van der Waals surface area contributed by atoms with Crippen LogP contribution in [0.25, 0.3) is 0 Å². The van der Waals surface area contributed by atoms with E-state index in [1.807, 2.05) is 0 Å². The molecule has 2 aliphatic carbocycles. The van der Waals surface area contributed by atoms with E-state index in [-0.39, 0.29) is 0 Å². The summed E-state index contributed by atoms with van der Waals surface area (Å²) in [6.45, 7) is 4.44. The molecule has 0 aromatic rings. The molecule has 0 radical (unpaired) electrons. The first-order chi connectivity index (χ1) is 9.11. The monoisotopic (exact) mass is 465 g/mol. The Morgan fingerprint density at radius 1 is 0.895 bits per heavy atom. The quantitative estimate of drug-likeness (QED) is 0.421. The Labute approximate surface area is 128 Å². The van der Waals surface area contributed by atoms with Crippen LogP contribution in [0.4, 0.5) is 0 Å². The van der Waals surface area contributed by atoms with Crippen molar-refractivity contribution in [2.24, 2.45) is 0 Å². The summed E-state index contributed by atoms with van der Waals surface area (Å²) in [6.07, 6.45) is 15.5. The van der Waals surface area contributed by atoms with Crippen molar-refractivity contribution in [3.05, 3.63) is 43.0 Å². The molecule has 0 unspecified atom stereocenters. The van der Waals surface area contributed by atoms with Gasteiger partial charge in [0.1, 0.15) is 0 Å². The SMILES string of the molecule is CCCC1=[C]([Ta]([Cl])([Cl])[C]2=C(CCC)C=CC2)CC=C1. The molecule has 19 heavy (non-hydrogen) atoms. The molecule has 105 valence electrons. The summed E-state index contributed by atoms with van der Waals surface area (Å²) in [4.78, 5) is 0. The molecule has 0 amide bonds. The Morgan fingerprint density at radius 2 is 1.32 bits per heavy atom. The van der Waals surface area contributed by atoms with Crippen molar-refractivity contribution >= 4 is 18.4 Å². The number of hydrogen-bond donors (Lipinski definition) is 0. The zero-order chi connectivity index (χ0) is 13.9. The van der Waals surface area contributed by atoms with Crippen LogP contribution in [0.3, 0.4) is 0 Å². The van der Waals surface area contributed by atoms with E-state index in [9.17, 15) is 0 Å². The molecule has 0 atom stereocenters. The predicted molar refractivity (Wildman–Crippen MR) is 83.1 cm³/mol. The fourth-order valence-corrected chi connectivity index (χ4v) is 16.1. The van der Waals surface area contributed by atoms with E-state index < -0.39 is 15.0 Å². The second-order valence-corrected chi connectivity index (χ2v) is 22.5. The van der Waals surface area contributed by atoms with Crippen LogP contribution in [0.2, 0.25) is 0 Å². The molecule has 0 nitrogen and oxygen atoms in total. The van der Waals surface area contributed by atoms with Gasteiger partial charge >= 0.3 is 129 Å². The summed E-state index contributed by atoms with van der Waals surface area (Å²) in [5.41, 5.74) is 2.86. The summed E-state index contributed by atoms with van der Waals surface area (Å²) in [6, 6.07) is 0. The first-order valence-electron chi connectivity index (χ1n) is 7.17. The van der Waals surface area contributed by atoms with Gasteiger partial charge in [-0.2, -0.15) is 0 Å². The van der Waals surface area contributed by atoms with Crippen LogP contribution < -0.4 is 0 Å². The van der Waals surface area contributed by atoms with Crippen molar-refractivity contribution in [2.75, 3.05) is 0 Å². The van der Waals surface area contributed by atoms with E-state index in [1.54, 1.807) is 0 Å². The fraction of sp³-hybridized carbons (Fsp3) is 0.500. The van der Waals surface area contributed by atoms with Gasteiger partial charge in [-0.25, -0.2) is 0 Å². The maximum atomic E-state index is 6.99. The average molecular weight is 466 g/mol. The third-order valence-corrected chi connectivity index (χ3v) is 18.6. The number of allylic oxidation sites excluding steroid dienone is 8. The van der Waals surface area contributed by atoms with Gasteiger partial charge in [-0.3, -0.25) is 0 Å². The van der Waals surface area contributed by atoms with Crippen LogP contribution in [0.1, 0.15) is 52.4 Å². The second-order valence-electron chi connectivity index (χ2n) is 5.17. The van der Waals surface area contributed by atoms with Gasteiger partial charge in [-0.15, -0.1) is 0 Å². The van der Waals surface area contributed by atoms with Gasteiger partial charge in [0, 0.05) is 0 Å². The molecule has 3 heteroatoms. The van der Waals surface area contributed by atoms with Crippen molar-refractivity contribution in [3.63, 3.8) is 0 Å². The second kappa shape index (κ2) is 6.83. The Bertz CT molecular complexity index is 425. The standard InChI is InChI=1S/2C8H11.2ClH.Ta/c2*1-2-5-8-6-3-4-7-8;;;/h2*3,6H,2,4-5H2,1H3;2*1H;/q;;;;+2/p-2. The van der Waals surface area contributed by atoms with Crippen molar-refractivity contribution < 1.29 is 15.0 Å². The molecule has 0 spiro atoms. The van der Waals surface area contributed by atoms with E-state index in [2.05, 4.69) is 38.2 Å². The normalized spacial score (nSPS) is 19.2. The number of rotatable bonds is 6. The van der Waals surface area contributed by atoms with Crippen LogP contribution >= 0.6 is 18.4 Å². The Morgan fingerprint density at radius 3 is 1.68 bits per heavy atom. The molecule has 0 bridgehead atoms. The Kier molecular flexibility index (Phi) is 5.63. The van der Waals surface area contributed by atoms with Gasteiger partial charge in [-0.1, -0.05) is 0 Å². The van der Waals surface area contributed by atoms with Gasteiger partial charge in [0.15, 0.2) is 0 Å². The van der Waals surface area contributed by atoms with Crippen LogP contribution in [-0.4, -0.2) is 0 Å². The molecular formula is C16H22Cl2Ta. The minimum atomic E-state index is -3.36. The molecular weight excluding hydrogens is 444 g/mol. The van der Waals surface area contributed by atoms with E-state index in [0.29, 0.717) is 0 Å². The van der Waals surface area contributed by atoms with Crippen LogP contribution in [-0.2, 0) is 15.0 Å². The van der Waals surface area contributed by atoms with E-state index in [1.165, 1.54) is 31.6 Å². The average Bonchev–Trinajstić information content (AvgIpc) is 2.99. The number of halogens is 2. The van der Waals surface area contributed by atoms with Crippen molar-refractivity contribution in [1.29, 1.82) is 0 Å². The molecule has 2 rings (SSSR count). The number of hydrogen-bond acceptors (Lipinski definition) is 0. The van der Waals surface area contributed by atoms with Crippen molar-refractivity contribution in [3.8, 4) is 0 Å². The van der Waals surface area contributed by atoms with Gasteiger partial charge in [0.25, 0.3) is 0 Å². The molecule has 0 fully saturated rings. The fourth-order valence-electron chi connectivity index (χ4n) is 2.83. The Balaban J connectivity index is 2.32. The van der Waals surface area contributed by atoms with E-state index >= 15 is 0 Å². The zero-order valence-corrected chi connectivity index (χ0v) is 16.5. The molecule has 0 saturated carbocycles. The molecule has 0 saturated heterocycles. The molecule has 0 aliphatic heterocycles. The minimum absolute atomic E-state index is 0.990. The van der Waals surface area contributed by atoms with Crippen molar-refractivity contribution in [2.45, 2.75) is 52.4 Å². The van der Waals surface area contributed by atoms with Crippen molar-refractivity contribution in [1.82, 2.24) is 0 Å². The van der Waals surface area contributed by atoms with Crippen LogP contribution in [0, 0.1) is 0 Å². The first-order valence-corrected chi connectivity index (χ1v) is 18.4. The van der Waals surface area contributed by atoms with Crippen LogP contribution in [0.15, 0.2) is 43.0 Å². The van der Waals surface area contributed by atoms with E-state index in [0.717, 1.165) is 25.7 Å². The summed E-state index contributed by atoms with van der Waals surface area (Å²) >= 11 is -3.36. The summed E-state index contributed by atoms with van der Waals surface area (Å²) < 4.78 is 2.83. The maximum absolute atomic E-state index is 6.99. The molecule has 0 aromatic heterocycles. The van der Waals surface area contributed by atoms with Gasteiger partial charge in [0.05, 0.1) is 0 Å². The third kappa shape index (κ3) is 3.31. The summed E-state index contributed by atoms with van der Waals surface area (Å²) in [7, 11) is 14.0. The summed E-state index contributed by atoms with van der Waals surface area (Å²) in [5, 5.41) is 0. The van der Waals surface area contributed by atoms with Gasteiger partial charge in [0.2, 0.25) is 0 Å². The molecule has 0 N–H and O–H groups in total. The Hall–Kier alpha value is 0.280. The van der Waals surface area contributed by atoms with Gasteiger partial charge in [-0.05, 0) is 0 Å².